The molecule has 1 amide bonds. The van der Waals surface area contributed by atoms with Crippen LogP contribution in [0.1, 0.15) is 18.7 Å². The summed E-state index contributed by atoms with van der Waals surface area (Å²) in [6.07, 6.45) is 1.57. The van der Waals surface area contributed by atoms with Crippen LogP contribution in [0, 0.1) is 0 Å². The van der Waals surface area contributed by atoms with Gasteiger partial charge < -0.3 is 9.73 Å². The van der Waals surface area contributed by atoms with Crippen molar-refractivity contribution in [2.75, 3.05) is 5.88 Å². The van der Waals surface area contributed by atoms with Gasteiger partial charge in [-0.3, -0.25) is 4.79 Å². The van der Waals surface area contributed by atoms with Gasteiger partial charge in [0, 0.05) is 0 Å². The molecule has 1 N–H and O–H groups in total. The lowest BCUT2D eigenvalue weighted by molar-refractivity contribution is -0.119. The van der Waals surface area contributed by atoms with Crippen LogP contribution in [0.15, 0.2) is 22.8 Å². The first-order chi connectivity index (χ1) is 5.74. The molecule has 1 heterocycles. The van der Waals surface area contributed by atoms with Gasteiger partial charge in [-0.2, -0.15) is 0 Å². The molecule has 1 atom stereocenters. The molecule has 1 rings (SSSR count). The zero-order valence-corrected chi connectivity index (χ0v) is 7.47. The zero-order valence-electron chi connectivity index (χ0n) is 6.71. The van der Waals surface area contributed by atoms with Gasteiger partial charge in [-0.1, -0.05) is 0 Å². The van der Waals surface area contributed by atoms with Crippen LogP contribution in [0.3, 0.4) is 0 Å². The largest absolute Gasteiger partial charge is 0.467 e. The minimum atomic E-state index is -0.194. The molecule has 0 aliphatic carbocycles. The van der Waals surface area contributed by atoms with Crippen molar-refractivity contribution in [1.82, 2.24) is 5.32 Å². The molecule has 0 unspecified atom stereocenters. The lowest BCUT2D eigenvalue weighted by Crippen LogP contribution is -2.27. The van der Waals surface area contributed by atoms with Gasteiger partial charge in [-0.15, -0.1) is 11.6 Å². The van der Waals surface area contributed by atoms with E-state index >= 15 is 0 Å². The summed E-state index contributed by atoms with van der Waals surface area (Å²) in [5, 5.41) is 2.67. The number of alkyl halides is 1. The molecular formula is C8H10ClNO2. The maximum absolute atomic E-state index is 10.8. The molecule has 4 heteroatoms. The lowest BCUT2D eigenvalue weighted by Gasteiger charge is -2.08. The Bertz CT molecular complexity index is 246. The molecule has 66 valence electrons. The summed E-state index contributed by atoms with van der Waals surface area (Å²) in [5.41, 5.74) is 0. The maximum Gasteiger partial charge on any atom is 0.235 e. The van der Waals surface area contributed by atoms with Crippen LogP contribution in [-0.4, -0.2) is 11.8 Å². The number of halogens is 1. The molecule has 3 nitrogen and oxygen atoms in total. The smallest absolute Gasteiger partial charge is 0.235 e. The number of carbonyl (C=O) groups excluding carboxylic acids is 1. The molecule has 1 aromatic rings. The molecule has 0 bridgehead atoms. The molecule has 0 fully saturated rings. The normalized spacial score (nSPS) is 12.5. The van der Waals surface area contributed by atoms with Crippen molar-refractivity contribution in [3.8, 4) is 0 Å². The SMILES string of the molecule is C[C@H](NC(=O)CCl)c1ccco1. The van der Waals surface area contributed by atoms with Crippen LogP contribution in [0.25, 0.3) is 0 Å². The molecule has 0 aromatic carbocycles. The quantitative estimate of drug-likeness (QED) is 0.732. The van der Waals surface area contributed by atoms with E-state index in [1.807, 2.05) is 6.92 Å². The van der Waals surface area contributed by atoms with Crippen molar-refractivity contribution in [3.05, 3.63) is 24.2 Å². The summed E-state index contributed by atoms with van der Waals surface area (Å²) < 4.78 is 5.08. The fourth-order valence-corrected chi connectivity index (χ4v) is 0.966. The summed E-state index contributed by atoms with van der Waals surface area (Å²) in [5.74, 6) is 0.513. The molecule has 0 saturated carbocycles. The molecule has 0 radical (unpaired) electrons. The van der Waals surface area contributed by atoms with Gasteiger partial charge in [0.05, 0.1) is 12.3 Å². The van der Waals surface area contributed by atoms with Crippen LogP contribution >= 0.6 is 11.6 Å². The van der Waals surface area contributed by atoms with E-state index in [0.717, 1.165) is 5.76 Å². The Hall–Kier alpha value is -0.960. The van der Waals surface area contributed by atoms with Crippen molar-refractivity contribution in [2.24, 2.45) is 0 Å². The molecule has 0 saturated heterocycles. The Morgan fingerprint density at radius 1 is 1.83 bits per heavy atom. The molecular weight excluding hydrogens is 178 g/mol. The van der Waals surface area contributed by atoms with E-state index in [1.54, 1.807) is 18.4 Å². The van der Waals surface area contributed by atoms with E-state index in [0.29, 0.717) is 0 Å². The first-order valence-corrected chi connectivity index (χ1v) is 4.16. The highest BCUT2D eigenvalue weighted by atomic mass is 35.5. The third-order valence-electron chi connectivity index (χ3n) is 1.47. The average Bonchev–Trinajstić information content (AvgIpc) is 2.56. The summed E-state index contributed by atoms with van der Waals surface area (Å²) in [6.45, 7) is 1.84. The Morgan fingerprint density at radius 3 is 3.08 bits per heavy atom. The van der Waals surface area contributed by atoms with Crippen molar-refractivity contribution >= 4 is 17.5 Å². The topological polar surface area (TPSA) is 42.2 Å². The predicted octanol–water partition coefficient (Wildman–Crippen LogP) is 1.70. The van der Waals surface area contributed by atoms with Crippen LogP contribution in [0.5, 0.6) is 0 Å². The molecule has 1 aromatic heterocycles. The number of carbonyl (C=O) groups is 1. The number of nitrogens with one attached hydrogen (secondary N) is 1. The van der Waals surface area contributed by atoms with E-state index in [4.69, 9.17) is 16.0 Å². The van der Waals surface area contributed by atoms with Gasteiger partial charge in [0.2, 0.25) is 5.91 Å². The Balaban J connectivity index is 2.49. The highest BCUT2D eigenvalue weighted by Crippen LogP contribution is 2.11. The summed E-state index contributed by atoms with van der Waals surface area (Å²) >= 11 is 5.31. The number of hydrogen-bond donors (Lipinski definition) is 1. The van der Waals surface area contributed by atoms with Gasteiger partial charge in [-0.25, -0.2) is 0 Å². The van der Waals surface area contributed by atoms with Gasteiger partial charge in [0.25, 0.3) is 0 Å². The lowest BCUT2D eigenvalue weighted by atomic mass is 10.2. The second kappa shape index (κ2) is 4.16. The first-order valence-electron chi connectivity index (χ1n) is 3.62. The van der Waals surface area contributed by atoms with E-state index in [1.165, 1.54) is 0 Å². The fraction of sp³-hybridized carbons (Fsp3) is 0.375. The van der Waals surface area contributed by atoms with Crippen LogP contribution < -0.4 is 5.32 Å². The van der Waals surface area contributed by atoms with E-state index in [9.17, 15) is 4.79 Å². The number of furan rings is 1. The Kier molecular flexibility index (Phi) is 3.17. The maximum atomic E-state index is 10.8. The van der Waals surface area contributed by atoms with Gasteiger partial charge >= 0.3 is 0 Å². The van der Waals surface area contributed by atoms with Gasteiger partial charge in [0.15, 0.2) is 0 Å². The van der Waals surface area contributed by atoms with Gasteiger partial charge in [-0.05, 0) is 19.1 Å². The van der Waals surface area contributed by atoms with Crippen molar-refractivity contribution in [3.63, 3.8) is 0 Å². The number of rotatable bonds is 3. The molecule has 0 aliphatic heterocycles. The molecule has 0 aliphatic rings. The minimum Gasteiger partial charge on any atom is -0.467 e. The second-order valence-electron chi connectivity index (χ2n) is 2.44. The second-order valence-corrected chi connectivity index (χ2v) is 2.71. The highest BCUT2D eigenvalue weighted by Gasteiger charge is 2.09. The van der Waals surface area contributed by atoms with E-state index in [-0.39, 0.29) is 17.8 Å². The highest BCUT2D eigenvalue weighted by molar-refractivity contribution is 6.27. The Morgan fingerprint density at radius 2 is 2.58 bits per heavy atom. The van der Waals surface area contributed by atoms with Crippen molar-refractivity contribution < 1.29 is 9.21 Å². The minimum absolute atomic E-state index is 0.0228. The summed E-state index contributed by atoms with van der Waals surface area (Å²) in [6, 6.07) is 3.46. The molecule has 12 heavy (non-hydrogen) atoms. The van der Waals surface area contributed by atoms with Crippen LogP contribution in [0.4, 0.5) is 0 Å². The zero-order chi connectivity index (χ0) is 8.97. The Labute approximate surface area is 75.7 Å². The van der Waals surface area contributed by atoms with E-state index < -0.39 is 0 Å². The standard InChI is InChI=1S/C8H10ClNO2/c1-6(10-8(11)5-9)7-3-2-4-12-7/h2-4,6H,5H2,1H3,(H,10,11)/t6-/m0/s1. The average molecular weight is 188 g/mol. The van der Waals surface area contributed by atoms with Crippen molar-refractivity contribution in [2.45, 2.75) is 13.0 Å². The summed E-state index contributed by atoms with van der Waals surface area (Å²) in [7, 11) is 0. The fourth-order valence-electron chi connectivity index (χ4n) is 0.889. The third-order valence-corrected chi connectivity index (χ3v) is 1.71. The van der Waals surface area contributed by atoms with Gasteiger partial charge in [0.1, 0.15) is 11.6 Å². The van der Waals surface area contributed by atoms with Crippen molar-refractivity contribution in [1.29, 1.82) is 0 Å². The monoisotopic (exact) mass is 187 g/mol. The number of amides is 1. The van der Waals surface area contributed by atoms with Crippen LogP contribution in [0.2, 0.25) is 0 Å². The predicted molar refractivity (Wildman–Crippen MR) is 46.0 cm³/mol. The number of hydrogen-bond acceptors (Lipinski definition) is 2. The third kappa shape index (κ3) is 2.27. The molecule has 0 spiro atoms. The summed E-state index contributed by atoms with van der Waals surface area (Å²) in [4.78, 5) is 10.8. The van der Waals surface area contributed by atoms with E-state index in [2.05, 4.69) is 5.32 Å². The van der Waals surface area contributed by atoms with Crippen LogP contribution in [-0.2, 0) is 4.79 Å². The first kappa shape index (κ1) is 9.13.